The molecule has 5 nitrogen and oxygen atoms in total. The van der Waals surface area contributed by atoms with E-state index in [4.69, 9.17) is 34.8 Å². The van der Waals surface area contributed by atoms with Crippen LogP contribution in [0.2, 0.25) is 15.1 Å². The number of nitrogens with zero attached hydrogens (tertiary/aromatic N) is 2. The number of carbonyl (C=O) groups excluding carboxylic acids is 2. The average Bonchev–Trinajstić information content (AvgIpc) is 3.10. The smallest absolute Gasteiger partial charge is 0.279 e. The lowest BCUT2D eigenvalue weighted by atomic mass is 9.92. The van der Waals surface area contributed by atoms with Gasteiger partial charge in [-0.2, -0.15) is 0 Å². The van der Waals surface area contributed by atoms with E-state index in [2.05, 4.69) is 5.32 Å². The molecule has 2 aliphatic heterocycles. The first-order chi connectivity index (χ1) is 17.4. The van der Waals surface area contributed by atoms with Crippen LogP contribution in [0.15, 0.2) is 91.0 Å². The van der Waals surface area contributed by atoms with E-state index in [1.165, 1.54) is 4.90 Å². The van der Waals surface area contributed by atoms with Crippen LogP contribution in [0.25, 0.3) is 0 Å². The largest absolute Gasteiger partial charge is 0.350 e. The fraction of sp³-hybridized carbons (Fsp3) is 0.0714. The molecule has 0 bridgehead atoms. The van der Waals surface area contributed by atoms with E-state index in [1.807, 2.05) is 30.3 Å². The van der Waals surface area contributed by atoms with Crippen LogP contribution in [-0.2, 0) is 17.0 Å². The van der Waals surface area contributed by atoms with Gasteiger partial charge < -0.3 is 10.2 Å². The number of amides is 2. The number of para-hydroxylation sites is 3. The first-order valence-electron chi connectivity index (χ1n) is 11.2. The van der Waals surface area contributed by atoms with Crippen LogP contribution in [-0.4, -0.2) is 11.8 Å². The van der Waals surface area contributed by atoms with Crippen LogP contribution in [0.4, 0.5) is 17.1 Å². The van der Waals surface area contributed by atoms with Crippen molar-refractivity contribution < 1.29 is 9.59 Å². The zero-order chi connectivity index (χ0) is 25.0. The highest BCUT2D eigenvalue weighted by Gasteiger charge is 2.60. The third kappa shape index (κ3) is 3.24. The second-order valence-corrected chi connectivity index (χ2v) is 9.80. The molecule has 2 aliphatic rings. The van der Waals surface area contributed by atoms with E-state index in [1.54, 1.807) is 65.6 Å². The Labute approximate surface area is 222 Å². The van der Waals surface area contributed by atoms with Crippen molar-refractivity contribution in [2.45, 2.75) is 12.2 Å². The predicted octanol–water partition coefficient (Wildman–Crippen LogP) is 7.12. The highest BCUT2D eigenvalue weighted by molar-refractivity contribution is 6.36. The summed E-state index contributed by atoms with van der Waals surface area (Å²) in [6.07, 6.45) is 0. The molecule has 0 saturated carbocycles. The topological polar surface area (TPSA) is 52.7 Å². The third-order valence-electron chi connectivity index (χ3n) is 6.62. The number of carbonyl (C=O) groups is 2. The first kappa shape index (κ1) is 22.9. The summed E-state index contributed by atoms with van der Waals surface area (Å²) in [6.45, 7) is 0.129. The fourth-order valence-electron chi connectivity index (χ4n) is 5.00. The molecule has 36 heavy (non-hydrogen) atoms. The van der Waals surface area contributed by atoms with Gasteiger partial charge in [0.15, 0.2) is 0 Å². The number of benzene rings is 4. The summed E-state index contributed by atoms with van der Waals surface area (Å²) in [5.74, 6) is -0.680. The van der Waals surface area contributed by atoms with Crippen LogP contribution in [0, 0.1) is 0 Å². The Morgan fingerprint density at radius 2 is 1.31 bits per heavy atom. The maximum absolute atomic E-state index is 14.6. The molecule has 4 aromatic rings. The van der Waals surface area contributed by atoms with Crippen molar-refractivity contribution in [3.63, 3.8) is 0 Å². The molecule has 6 rings (SSSR count). The normalized spacial score (nSPS) is 18.3. The summed E-state index contributed by atoms with van der Waals surface area (Å²) in [5.41, 5.74) is 1.75. The Bertz CT molecular complexity index is 1540. The molecule has 178 valence electrons. The SMILES string of the molecule is O=C1c2ccccc2NC2(C(=O)N(Cc3c(Cl)cccc3Cl)c3ccccc32)N1c1ccccc1Cl. The van der Waals surface area contributed by atoms with E-state index in [-0.39, 0.29) is 18.4 Å². The molecule has 2 amide bonds. The molecule has 1 unspecified atom stereocenters. The average molecular weight is 535 g/mol. The number of anilines is 3. The van der Waals surface area contributed by atoms with Gasteiger partial charge in [0.1, 0.15) is 0 Å². The van der Waals surface area contributed by atoms with Crippen LogP contribution >= 0.6 is 34.8 Å². The number of nitrogens with one attached hydrogen (secondary N) is 1. The van der Waals surface area contributed by atoms with Gasteiger partial charge in [0.05, 0.1) is 28.5 Å². The molecule has 0 fully saturated rings. The van der Waals surface area contributed by atoms with Crippen molar-refractivity contribution in [2.24, 2.45) is 0 Å². The Morgan fingerprint density at radius 3 is 2.06 bits per heavy atom. The maximum Gasteiger partial charge on any atom is 0.279 e. The van der Waals surface area contributed by atoms with Gasteiger partial charge >= 0.3 is 0 Å². The van der Waals surface area contributed by atoms with E-state index in [0.29, 0.717) is 48.8 Å². The molecular formula is C28H18Cl3N3O2. The lowest BCUT2D eigenvalue weighted by Crippen LogP contribution is -2.63. The Hall–Kier alpha value is -3.51. The maximum atomic E-state index is 14.6. The van der Waals surface area contributed by atoms with Crippen LogP contribution < -0.4 is 15.1 Å². The summed E-state index contributed by atoms with van der Waals surface area (Å²) < 4.78 is 0. The van der Waals surface area contributed by atoms with Gasteiger partial charge in [-0.05, 0) is 42.5 Å². The summed E-state index contributed by atoms with van der Waals surface area (Å²) in [7, 11) is 0. The summed E-state index contributed by atoms with van der Waals surface area (Å²) in [5, 5.41) is 4.68. The summed E-state index contributed by atoms with van der Waals surface area (Å²) >= 11 is 19.6. The highest BCUT2D eigenvalue weighted by atomic mass is 35.5. The van der Waals surface area contributed by atoms with Crippen molar-refractivity contribution in [1.29, 1.82) is 0 Å². The zero-order valence-corrected chi connectivity index (χ0v) is 21.0. The van der Waals surface area contributed by atoms with Crippen molar-refractivity contribution in [3.8, 4) is 0 Å². The van der Waals surface area contributed by atoms with E-state index < -0.39 is 5.66 Å². The molecular weight excluding hydrogens is 517 g/mol. The number of hydrogen-bond acceptors (Lipinski definition) is 3. The Kier molecular flexibility index (Phi) is 5.45. The van der Waals surface area contributed by atoms with E-state index >= 15 is 0 Å². The molecule has 4 aromatic carbocycles. The van der Waals surface area contributed by atoms with Gasteiger partial charge in [0.25, 0.3) is 11.8 Å². The van der Waals surface area contributed by atoms with Gasteiger partial charge in [-0.25, -0.2) is 0 Å². The number of rotatable bonds is 3. The molecule has 0 radical (unpaired) electrons. The van der Waals surface area contributed by atoms with E-state index in [9.17, 15) is 9.59 Å². The van der Waals surface area contributed by atoms with Crippen LogP contribution in [0.3, 0.4) is 0 Å². The molecule has 2 heterocycles. The Morgan fingerprint density at radius 1 is 0.694 bits per heavy atom. The molecule has 0 saturated heterocycles. The van der Waals surface area contributed by atoms with Crippen molar-refractivity contribution in [2.75, 3.05) is 15.1 Å². The molecule has 0 aromatic heterocycles. The second kappa shape index (κ2) is 8.56. The minimum atomic E-state index is -1.57. The van der Waals surface area contributed by atoms with Crippen molar-refractivity contribution >= 4 is 63.7 Å². The second-order valence-electron chi connectivity index (χ2n) is 8.58. The number of hydrogen-bond donors (Lipinski definition) is 1. The number of halogens is 3. The van der Waals surface area contributed by atoms with Gasteiger partial charge in [0.2, 0.25) is 5.66 Å². The zero-order valence-electron chi connectivity index (χ0n) is 18.7. The van der Waals surface area contributed by atoms with Crippen LogP contribution in [0.5, 0.6) is 0 Å². The Balaban J connectivity index is 1.60. The van der Waals surface area contributed by atoms with Gasteiger partial charge in [-0.15, -0.1) is 0 Å². The number of fused-ring (bicyclic) bond motifs is 3. The fourth-order valence-corrected chi connectivity index (χ4v) is 5.73. The first-order valence-corrected chi connectivity index (χ1v) is 12.4. The molecule has 1 atom stereocenters. The van der Waals surface area contributed by atoms with Gasteiger partial charge in [-0.3, -0.25) is 14.5 Å². The monoisotopic (exact) mass is 533 g/mol. The molecule has 1 spiro atoms. The predicted molar refractivity (Wildman–Crippen MR) is 144 cm³/mol. The molecule has 1 N–H and O–H groups in total. The highest BCUT2D eigenvalue weighted by Crippen LogP contribution is 2.51. The van der Waals surface area contributed by atoms with Crippen molar-refractivity contribution in [1.82, 2.24) is 0 Å². The lowest BCUT2D eigenvalue weighted by Gasteiger charge is -2.45. The lowest BCUT2D eigenvalue weighted by molar-refractivity contribution is -0.122. The minimum Gasteiger partial charge on any atom is -0.350 e. The van der Waals surface area contributed by atoms with Gasteiger partial charge in [0, 0.05) is 26.9 Å². The van der Waals surface area contributed by atoms with Crippen LogP contribution in [0.1, 0.15) is 21.5 Å². The molecule has 0 aliphatic carbocycles. The summed E-state index contributed by atoms with van der Waals surface area (Å²) in [4.78, 5) is 31.7. The third-order valence-corrected chi connectivity index (χ3v) is 7.65. The van der Waals surface area contributed by atoms with Gasteiger partial charge in [-0.1, -0.05) is 83.3 Å². The van der Waals surface area contributed by atoms with Crippen molar-refractivity contribution in [3.05, 3.63) is 123 Å². The quantitative estimate of drug-likeness (QED) is 0.304. The standard InChI is InChI=1S/C28H18Cl3N3O2/c29-20-11-7-12-21(30)18(20)16-33-24-14-5-2-9-19(24)28(27(33)36)32-23-13-4-1-8-17(23)26(35)34(28)25-15-6-3-10-22(25)31/h1-15,32H,16H2. The minimum absolute atomic E-state index is 0.129. The van der Waals surface area contributed by atoms with E-state index in [0.717, 1.165) is 0 Å². The molecule has 8 heteroatoms. The summed E-state index contributed by atoms with van der Waals surface area (Å²) in [6, 6.07) is 26.8.